The number of ether oxygens (including phenoxy) is 2. The Balaban J connectivity index is 1.77. The average molecular weight is 377 g/mol. The van der Waals surface area contributed by atoms with E-state index in [4.69, 9.17) is 9.47 Å². The van der Waals surface area contributed by atoms with E-state index in [1.165, 1.54) is 28.1 Å². The van der Waals surface area contributed by atoms with E-state index in [-0.39, 0.29) is 0 Å². The molecule has 0 aliphatic carbocycles. The van der Waals surface area contributed by atoms with Crippen LogP contribution in [0.15, 0.2) is 54.6 Å². The Morgan fingerprint density at radius 1 is 0.929 bits per heavy atom. The fourth-order valence-electron chi connectivity index (χ4n) is 3.82. The van der Waals surface area contributed by atoms with Crippen LogP contribution in [0.5, 0.6) is 5.75 Å². The van der Waals surface area contributed by atoms with Gasteiger partial charge in [0.05, 0.1) is 26.0 Å². The van der Waals surface area contributed by atoms with Gasteiger partial charge in [-0.15, -0.1) is 0 Å². The van der Waals surface area contributed by atoms with Crippen LogP contribution < -0.4 is 4.74 Å². The second-order valence-electron chi connectivity index (χ2n) is 7.43. The van der Waals surface area contributed by atoms with E-state index in [1.807, 2.05) is 12.1 Å². The van der Waals surface area contributed by atoms with Crippen LogP contribution in [-0.4, -0.2) is 42.9 Å². The summed E-state index contributed by atoms with van der Waals surface area (Å²) in [5, 5.41) is 0. The summed E-state index contributed by atoms with van der Waals surface area (Å²) in [5.74, 6) is 0.874. The highest BCUT2D eigenvalue weighted by Gasteiger charge is 2.18. The Labute approximate surface area is 167 Å². The number of methoxy groups -OCH3 is 1. The summed E-state index contributed by atoms with van der Waals surface area (Å²) < 4.78 is 13.2. The highest BCUT2D eigenvalue weighted by molar-refractivity contribution is 5.66. The van der Waals surface area contributed by atoms with Crippen LogP contribution in [0.4, 0.5) is 0 Å². The fourth-order valence-corrected chi connectivity index (χ4v) is 3.82. The zero-order valence-electron chi connectivity index (χ0n) is 16.9. The second-order valence-corrected chi connectivity index (χ2v) is 7.43. The lowest BCUT2D eigenvalue weighted by Gasteiger charge is -2.26. The van der Waals surface area contributed by atoms with Crippen molar-refractivity contribution in [3.05, 3.63) is 71.4 Å². The van der Waals surface area contributed by atoms with E-state index in [0.717, 1.165) is 44.3 Å². The highest BCUT2D eigenvalue weighted by Crippen LogP contribution is 2.31. The first-order chi connectivity index (χ1) is 13.7. The highest BCUT2D eigenvalue weighted by atomic mass is 16.5. The van der Waals surface area contributed by atoms with Gasteiger partial charge in [-0.25, -0.2) is 0 Å². The summed E-state index contributed by atoms with van der Waals surface area (Å²) in [6, 6.07) is 19.4. The zero-order valence-corrected chi connectivity index (χ0v) is 16.9. The summed E-state index contributed by atoms with van der Waals surface area (Å²) in [5.41, 5.74) is 7.54. The molecule has 0 spiro atoms. The molecule has 1 aliphatic heterocycles. The maximum atomic E-state index is 5.51. The van der Waals surface area contributed by atoms with Gasteiger partial charge in [0.2, 0.25) is 0 Å². The minimum absolute atomic E-state index is 0.822. The van der Waals surface area contributed by atoms with Crippen molar-refractivity contribution in [3.63, 3.8) is 0 Å². The summed E-state index contributed by atoms with van der Waals surface area (Å²) >= 11 is 0. The average Bonchev–Trinajstić information content (AvgIpc) is 3.05. The van der Waals surface area contributed by atoms with Crippen molar-refractivity contribution in [1.82, 2.24) is 9.47 Å². The van der Waals surface area contributed by atoms with Gasteiger partial charge in [-0.1, -0.05) is 29.8 Å². The smallest absolute Gasteiger partial charge is 0.119 e. The van der Waals surface area contributed by atoms with E-state index in [9.17, 15) is 0 Å². The third kappa shape index (κ3) is 3.84. The number of aryl methyl sites for hydroxylation is 1. The summed E-state index contributed by atoms with van der Waals surface area (Å²) in [6.45, 7) is 8.93. The molecule has 4 rings (SSSR count). The molecule has 0 N–H and O–H groups in total. The largest absolute Gasteiger partial charge is 0.497 e. The molecular weight excluding hydrogens is 348 g/mol. The molecule has 1 fully saturated rings. The molecule has 2 heterocycles. The molecule has 4 heteroatoms. The topological polar surface area (TPSA) is 26.6 Å². The van der Waals surface area contributed by atoms with Gasteiger partial charge in [0, 0.05) is 31.0 Å². The first-order valence-corrected chi connectivity index (χ1v) is 9.88. The molecule has 28 heavy (non-hydrogen) atoms. The Bertz CT molecular complexity index is 920. The van der Waals surface area contributed by atoms with Crippen molar-refractivity contribution in [1.29, 1.82) is 0 Å². The lowest BCUT2D eigenvalue weighted by molar-refractivity contribution is 0.0341. The molecule has 0 unspecified atom stereocenters. The minimum Gasteiger partial charge on any atom is -0.497 e. The van der Waals surface area contributed by atoms with Crippen molar-refractivity contribution in [3.8, 4) is 22.7 Å². The van der Waals surface area contributed by atoms with Gasteiger partial charge in [0.15, 0.2) is 0 Å². The predicted octanol–water partition coefficient (Wildman–Crippen LogP) is 4.60. The lowest BCUT2D eigenvalue weighted by Crippen LogP contribution is -2.35. The molecule has 0 atom stereocenters. The third-order valence-corrected chi connectivity index (χ3v) is 5.53. The number of hydrogen-bond acceptors (Lipinski definition) is 3. The van der Waals surface area contributed by atoms with Gasteiger partial charge < -0.3 is 14.0 Å². The molecule has 3 aromatic rings. The first kappa shape index (κ1) is 18.8. The van der Waals surface area contributed by atoms with Gasteiger partial charge in [-0.2, -0.15) is 0 Å². The number of aromatic nitrogens is 1. The van der Waals surface area contributed by atoms with Crippen LogP contribution in [0.2, 0.25) is 0 Å². The van der Waals surface area contributed by atoms with Crippen molar-refractivity contribution < 1.29 is 9.47 Å². The van der Waals surface area contributed by atoms with Crippen molar-refractivity contribution in [2.45, 2.75) is 20.4 Å². The number of morpholine rings is 1. The van der Waals surface area contributed by atoms with Crippen LogP contribution in [0.25, 0.3) is 16.9 Å². The predicted molar refractivity (Wildman–Crippen MR) is 113 cm³/mol. The molecule has 146 valence electrons. The summed E-state index contributed by atoms with van der Waals surface area (Å²) in [7, 11) is 1.70. The molecule has 4 nitrogen and oxygen atoms in total. The number of hydrogen-bond donors (Lipinski definition) is 0. The zero-order chi connectivity index (χ0) is 19.5. The van der Waals surface area contributed by atoms with Crippen LogP contribution in [0, 0.1) is 13.8 Å². The molecule has 1 aromatic heterocycles. The Hall–Kier alpha value is -2.56. The maximum absolute atomic E-state index is 5.51. The molecular formula is C24H28N2O2. The molecule has 0 radical (unpaired) electrons. The standard InChI is InChI=1S/C24H28N2O2/c1-18-4-6-20(7-5-18)24-16-21(17-25-12-14-28-15-13-25)19(2)26(24)22-8-10-23(27-3)11-9-22/h4-11,16H,12-15,17H2,1-3H3. The Kier molecular flexibility index (Phi) is 5.51. The molecule has 1 aliphatic rings. The van der Waals surface area contributed by atoms with E-state index >= 15 is 0 Å². The van der Waals surface area contributed by atoms with Crippen LogP contribution in [0.1, 0.15) is 16.8 Å². The van der Waals surface area contributed by atoms with Crippen molar-refractivity contribution >= 4 is 0 Å². The van der Waals surface area contributed by atoms with Gasteiger partial charge in [-0.05, 0) is 55.3 Å². The number of benzene rings is 2. The normalized spacial score (nSPS) is 15.0. The maximum Gasteiger partial charge on any atom is 0.119 e. The van der Waals surface area contributed by atoms with Crippen molar-refractivity contribution in [2.75, 3.05) is 33.4 Å². The van der Waals surface area contributed by atoms with Crippen molar-refractivity contribution in [2.24, 2.45) is 0 Å². The minimum atomic E-state index is 0.822. The first-order valence-electron chi connectivity index (χ1n) is 9.88. The van der Waals surface area contributed by atoms with Crippen LogP contribution in [-0.2, 0) is 11.3 Å². The molecule has 0 saturated carbocycles. The fraction of sp³-hybridized carbons (Fsp3) is 0.333. The lowest BCUT2D eigenvalue weighted by atomic mass is 10.1. The van der Waals surface area contributed by atoms with Gasteiger partial charge in [0.1, 0.15) is 5.75 Å². The summed E-state index contributed by atoms with van der Waals surface area (Å²) in [6.07, 6.45) is 0. The summed E-state index contributed by atoms with van der Waals surface area (Å²) in [4.78, 5) is 2.48. The molecule has 0 amide bonds. The van der Waals surface area contributed by atoms with Crippen LogP contribution >= 0.6 is 0 Å². The SMILES string of the molecule is COc1ccc(-n2c(-c3ccc(C)cc3)cc(CN3CCOCC3)c2C)cc1. The number of nitrogens with zero attached hydrogens (tertiary/aromatic N) is 2. The quantitative estimate of drug-likeness (QED) is 0.651. The number of rotatable bonds is 5. The second kappa shape index (κ2) is 8.21. The molecule has 0 bridgehead atoms. The van der Waals surface area contributed by atoms with Gasteiger partial charge in [0.25, 0.3) is 0 Å². The van der Waals surface area contributed by atoms with Crippen LogP contribution in [0.3, 0.4) is 0 Å². The van der Waals surface area contributed by atoms with Gasteiger partial charge in [-0.3, -0.25) is 4.90 Å². The van der Waals surface area contributed by atoms with E-state index in [1.54, 1.807) is 7.11 Å². The van der Waals surface area contributed by atoms with Gasteiger partial charge >= 0.3 is 0 Å². The molecule has 1 saturated heterocycles. The van der Waals surface area contributed by atoms with E-state index < -0.39 is 0 Å². The Morgan fingerprint density at radius 2 is 1.61 bits per heavy atom. The third-order valence-electron chi connectivity index (χ3n) is 5.53. The molecule has 2 aromatic carbocycles. The monoisotopic (exact) mass is 376 g/mol. The van der Waals surface area contributed by atoms with E-state index in [0.29, 0.717) is 0 Å². The van der Waals surface area contributed by atoms with E-state index in [2.05, 4.69) is 65.8 Å². The Morgan fingerprint density at radius 3 is 2.25 bits per heavy atom.